The average molecular weight is 143 g/mol. The fourth-order valence-corrected chi connectivity index (χ4v) is 1.40. The van der Waals surface area contributed by atoms with Crippen molar-refractivity contribution in [1.82, 2.24) is 10.2 Å². The number of likely N-dealkylation sites (N-methyl/N-ethyl adjacent to an activating group) is 1. The first-order valence-corrected chi connectivity index (χ1v) is 3.78. The summed E-state index contributed by atoms with van der Waals surface area (Å²) in [6.45, 7) is 6.16. The van der Waals surface area contributed by atoms with Gasteiger partial charge in [0.15, 0.2) is 0 Å². The molecule has 1 fully saturated rings. The van der Waals surface area contributed by atoms with Gasteiger partial charge in [-0.25, -0.2) is 0 Å². The molecule has 60 valence electrons. The zero-order valence-corrected chi connectivity index (χ0v) is 6.85. The van der Waals surface area contributed by atoms with E-state index in [9.17, 15) is 0 Å². The molecule has 0 saturated carbocycles. The maximum absolute atomic E-state index is 5.96. The van der Waals surface area contributed by atoms with Gasteiger partial charge in [-0.1, -0.05) is 0 Å². The lowest BCUT2D eigenvalue weighted by Crippen LogP contribution is -2.50. The topological polar surface area (TPSA) is 41.3 Å². The molecular weight excluding hydrogens is 126 g/mol. The van der Waals surface area contributed by atoms with Gasteiger partial charge in [-0.2, -0.15) is 0 Å². The quantitative estimate of drug-likeness (QED) is 0.468. The molecule has 3 nitrogen and oxygen atoms in total. The molecule has 10 heavy (non-hydrogen) atoms. The van der Waals surface area contributed by atoms with Crippen LogP contribution in [0.3, 0.4) is 0 Å². The van der Waals surface area contributed by atoms with Crippen molar-refractivity contribution in [2.24, 2.45) is 5.73 Å². The summed E-state index contributed by atoms with van der Waals surface area (Å²) in [4.78, 5) is 2.26. The van der Waals surface area contributed by atoms with E-state index in [0.717, 1.165) is 26.2 Å². The van der Waals surface area contributed by atoms with Crippen molar-refractivity contribution >= 4 is 0 Å². The molecule has 1 unspecified atom stereocenters. The molecule has 1 heterocycles. The molecule has 3 heteroatoms. The largest absolute Gasteiger partial charge is 0.323 e. The van der Waals surface area contributed by atoms with E-state index in [-0.39, 0.29) is 5.54 Å². The second-order valence-electron chi connectivity index (χ2n) is 3.57. The molecule has 3 N–H and O–H groups in total. The van der Waals surface area contributed by atoms with E-state index in [0.29, 0.717) is 0 Å². The predicted molar refractivity (Wildman–Crippen MR) is 43.0 cm³/mol. The minimum atomic E-state index is -0.0503. The second kappa shape index (κ2) is 2.86. The summed E-state index contributed by atoms with van der Waals surface area (Å²) in [7, 11) is 2.11. The highest BCUT2D eigenvalue weighted by molar-refractivity contribution is 4.86. The average Bonchev–Trinajstić information content (AvgIpc) is 1.90. The molecule has 1 saturated heterocycles. The fraction of sp³-hybridized carbons (Fsp3) is 1.00. The molecule has 0 bridgehead atoms. The van der Waals surface area contributed by atoms with Crippen LogP contribution in [0, 0.1) is 0 Å². The molecule has 0 aromatic heterocycles. The monoisotopic (exact) mass is 143 g/mol. The third-order valence-electron chi connectivity index (χ3n) is 1.83. The van der Waals surface area contributed by atoms with Gasteiger partial charge in [0.05, 0.1) is 0 Å². The maximum atomic E-state index is 5.96. The lowest BCUT2D eigenvalue weighted by Gasteiger charge is -2.25. The summed E-state index contributed by atoms with van der Waals surface area (Å²) in [6.07, 6.45) is 0. The summed E-state index contributed by atoms with van der Waals surface area (Å²) in [5.74, 6) is 0. The summed E-state index contributed by atoms with van der Waals surface area (Å²) in [5, 5.41) is 3.30. The number of nitrogens with zero attached hydrogens (tertiary/aromatic N) is 1. The van der Waals surface area contributed by atoms with Crippen LogP contribution in [-0.4, -0.2) is 43.7 Å². The Hall–Kier alpha value is -0.120. The maximum Gasteiger partial charge on any atom is 0.0381 e. The first kappa shape index (κ1) is 7.98. The number of hydrogen-bond acceptors (Lipinski definition) is 3. The van der Waals surface area contributed by atoms with Crippen molar-refractivity contribution in [3.63, 3.8) is 0 Å². The molecule has 0 aromatic rings. The van der Waals surface area contributed by atoms with Gasteiger partial charge in [-0.15, -0.1) is 0 Å². The van der Waals surface area contributed by atoms with Crippen LogP contribution in [0.1, 0.15) is 6.92 Å². The number of nitrogens with one attached hydrogen (secondary N) is 1. The highest BCUT2D eigenvalue weighted by Gasteiger charge is 2.22. The summed E-state index contributed by atoms with van der Waals surface area (Å²) in [5.41, 5.74) is 5.91. The third-order valence-corrected chi connectivity index (χ3v) is 1.83. The first-order chi connectivity index (χ1) is 4.60. The Labute approximate surface area is 62.6 Å². The summed E-state index contributed by atoms with van der Waals surface area (Å²) in [6, 6.07) is 0. The van der Waals surface area contributed by atoms with Crippen LogP contribution in [0.5, 0.6) is 0 Å². The zero-order chi connectivity index (χ0) is 7.61. The Bertz CT molecular complexity index is 111. The molecular formula is C7H17N3. The van der Waals surface area contributed by atoms with Crippen molar-refractivity contribution in [1.29, 1.82) is 0 Å². The minimum Gasteiger partial charge on any atom is -0.323 e. The van der Waals surface area contributed by atoms with E-state index < -0.39 is 0 Å². The van der Waals surface area contributed by atoms with Crippen LogP contribution in [0.15, 0.2) is 0 Å². The fourth-order valence-electron chi connectivity index (χ4n) is 1.40. The van der Waals surface area contributed by atoms with Crippen molar-refractivity contribution in [3.05, 3.63) is 0 Å². The lowest BCUT2D eigenvalue weighted by atomic mass is 10.0. The Kier molecular flexibility index (Phi) is 2.28. The van der Waals surface area contributed by atoms with E-state index in [4.69, 9.17) is 5.73 Å². The molecule has 1 aliphatic rings. The van der Waals surface area contributed by atoms with Gasteiger partial charge in [0, 0.05) is 31.7 Å². The zero-order valence-electron chi connectivity index (χ0n) is 6.85. The van der Waals surface area contributed by atoms with Crippen LogP contribution in [0.25, 0.3) is 0 Å². The van der Waals surface area contributed by atoms with Crippen LogP contribution in [0.4, 0.5) is 0 Å². The van der Waals surface area contributed by atoms with Gasteiger partial charge in [0.2, 0.25) is 0 Å². The number of hydrogen-bond donors (Lipinski definition) is 2. The highest BCUT2D eigenvalue weighted by Crippen LogP contribution is 2.02. The van der Waals surface area contributed by atoms with E-state index in [1.165, 1.54) is 0 Å². The van der Waals surface area contributed by atoms with E-state index >= 15 is 0 Å². The second-order valence-corrected chi connectivity index (χ2v) is 3.57. The van der Waals surface area contributed by atoms with Crippen molar-refractivity contribution in [2.45, 2.75) is 12.5 Å². The molecule has 1 atom stereocenters. The van der Waals surface area contributed by atoms with Crippen molar-refractivity contribution in [3.8, 4) is 0 Å². The molecule has 0 aliphatic carbocycles. The van der Waals surface area contributed by atoms with Crippen LogP contribution >= 0.6 is 0 Å². The van der Waals surface area contributed by atoms with E-state index in [2.05, 4.69) is 24.2 Å². The Morgan fingerprint density at radius 1 is 1.60 bits per heavy atom. The van der Waals surface area contributed by atoms with Gasteiger partial charge in [0.1, 0.15) is 0 Å². The van der Waals surface area contributed by atoms with Gasteiger partial charge < -0.3 is 16.0 Å². The van der Waals surface area contributed by atoms with Gasteiger partial charge in [-0.3, -0.25) is 0 Å². The smallest absolute Gasteiger partial charge is 0.0381 e. The van der Waals surface area contributed by atoms with E-state index in [1.54, 1.807) is 0 Å². The first-order valence-electron chi connectivity index (χ1n) is 3.78. The van der Waals surface area contributed by atoms with Crippen LogP contribution < -0.4 is 11.1 Å². The molecule has 0 radical (unpaired) electrons. The van der Waals surface area contributed by atoms with Crippen LogP contribution in [-0.2, 0) is 0 Å². The molecule has 1 rings (SSSR count). The third kappa shape index (κ3) is 2.25. The normalized spacial score (nSPS) is 37.5. The van der Waals surface area contributed by atoms with Gasteiger partial charge in [-0.05, 0) is 14.0 Å². The molecule has 0 spiro atoms. The van der Waals surface area contributed by atoms with Crippen molar-refractivity contribution < 1.29 is 0 Å². The standard InChI is InChI=1S/C7H17N3/c1-7(8)5-9-3-4-10(2)6-7/h9H,3-6,8H2,1-2H3. The summed E-state index contributed by atoms with van der Waals surface area (Å²) < 4.78 is 0. The molecule has 0 amide bonds. The Morgan fingerprint density at radius 3 is 3.00 bits per heavy atom. The minimum absolute atomic E-state index is 0.0503. The van der Waals surface area contributed by atoms with Crippen LogP contribution in [0.2, 0.25) is 0 Å². The Balaban J connectivity index is 2.46. The van der Waals surface area contributed by atoms with Crippen molar-refractivity contribution in [2.75, 3.05) is 33.2 Å². The lowest BCUT2D eigenvalue weighted by molar-refractivity contribution is 0.292. The summed E-state index contributed by atoms with van der Waals surface area (Å²) >= 11 is 0. The number of nitrogens with two attached hydrogens (primary N) is 1. The molecule has 1 aliphatic heterocycles. The highest BCUT2D eigenvalue weighted by atomic mass is 15.2. The Morgan fingerprint density at radius 2 is 2.30 bits per heavy atom. The van der Waals surface area contributed by atoms with Gasteiger partial charge >= 0.3 is 0 Å². The SMILES string of the molecule is CN1CCNCC(C)(N)C1. The number of rotatable bonds is 0. The van der Waals surface area contributed by atoms with Gasteiger partial charge in [0.25, 0.3) is 0 Å². The molecule has 0 aromatic carbocycles. The predicted octanol–water partition coefficient (Wildman–Crippen LogP) is -0.761. The van der Waals surface area contributed by atoms with E-state index in [1.807, 2.05) is 0 Å².